The molecule has 0 unspecified atom stereocenters. The zero-order valence-electron chi connectivity index (χ0n) is 16.8. The summed E-state index contributed by atoms with van der Waals surface area (Å²) >= 11 is 0. The number of carbonyl (C=O) groups excluding carboxylic acids is 1. The van der Waals surface area contributed by atoms with Crippen molar-refractivity contribution in [3.63, 3.8) is 0 Å². The third-order valence-corrected chi connectivity index (χ3v) is 3.60. The third kappa shape index (κ3) is 7.40. The van der Waals surface area contributed by atoms with Crippen molar-refractivity contribution in [2.45, 2.75) is 54.8 Å². The van der Waals surface area contributed by atoms with E-state index in [9.17, 15) is 79.8 Å². The molecular formula is C16H12F16O4. The zero-order chi connectivity index (χ0) is 29.7. The van der Waals surface area contributed by atoms with Crippen LogP contribution < -0.4 is 0 Å². The van der Waals surface area contributed by atoms with Gasteiger partial charge < -0.3 is 9.84 Å². The molecule has 0 atom stereocenters. The van der Waals surface area contributed by atoms with E-state index >= 15 is 0 Å². The smallest absolute Gasteiger partial charge is 0.381 e. The topological polar surface area (TPSA) is 63.6 Å². The Morgan fingerprint density at radius 1 is 0.750 bits per heavy atom. The van der Waals surface area contributed by atoms with Gasteiger partial charge in [-0.2, -0.15) is 52.7 Å². The molecule has 0 aliphatic carbocycles. The number of esters is 1. The Kier molecular flexibility index (Phi) is 11.4. The van der Waals surface area contributed by atoms with Gasteiger partial charge in [0.2, 0.25) is 0 Å². The van der Waals surface area contributed by atoms with Crippen LogP contribution in [0.15, 0.2) is 24.8 Å². The number of ether oxygens (including phenoxy) is 1. The lowest BCUT2D eigenvalue weighted by Crippen LogP contribution is -2.59. The van der Waals surface area contributed by atoms with Crippen LogP contribution in [0.3, 0.4) is 0 Å². The van der Waals surface area contributed by atoms with E-state index in [-0.39, 0.29) is 0 Å². The lowest BCUT2D eigenvalue weighted by Gasteiger charge is -2.32. The first-order chi connectivity index (χ1) is 15.7. The molecule has 0 aliphatic heterocycles. The van der Waals surface area contributed by atoms with Crippen molar-refractivity contribution in [1.29, 1.82) is 0 Å². The van der Waals surface area contributed by atoms with Gasteiger partial charge in [0, 0.05) is 18.1 Å². The maximum Gasteiger partial charge on any atom is 0.381 e. The number of hydrogen-bond acceptors (Lipinski definition) is 3. The molecule has 0 aliphatic rings. The molecule has 0 aromatic rings. The molecule has 4 nitrogen and oxygen atoms in total. The van der Waals surface area contributed by atoms with E-state index in [2.05, 4.69) is 17.9 Å². The molecule has 0 aromatic heterocycles. The fraction of sp³-hybridized carbons (Fsp3) is 0.625. The van der Waals surface area contributed by atoms with Gasteiger partial charge in [0.25, 0.3) is 0 Å². The summed E-state index contributed by atoms with van der Waals surface area (Å²) in [7, 11) is 0. The second-order valence-corrected chi connectivity index (χ2v) is 6.30. The number of carbonyl (C=O) groups is 2. The van der Waals surface area contributed by atoms with Crippen LogP contribution in [0.5, 0.6) is 0 Å². The van der Waals surface area contributed by atoms with Gasteiger partial charge in [-0.15, -0.1) is 0 Å². The van der Waals surface area contributed by atoms with Crippen LogP contribution in [-0.2, 0) is 14.3 Å². The third-order valence-electron chi connectivity index (χ3n) is 3.60. The molecule has 0 aromatic carbocycles. The quantitative estimate of drug-likeness (QED) is 0.175. The average Bonchev–Trinajstić information content (AvgIpc) is 2.71. The molecule has 0 amide bonds. The minimum absolute atomic E-state index is 0.305. The van der Waals surface area contributed by atoms with Crippen LogP contribution in [0, 0.1) is 0 Å². The van der Waals surface area contributed by atoms with Crippen LogP contribution >= 0.6 is 0 Å². The minimum Gasteiger partial charge on any atom is -0.478 e. The van der Waals surface area contributed by atoms with Crippen LogP contribution in [0.1, 0.15) is 6.42 Å². The van der Waals surface area contributed by atoms with E-state index in [1.54, 1.807) is 0 Å². The first kappa shape index (κ1) is 35.5. The summed E-state index contributed by atoms with van der Waals surface area (Å²) in [6, 6.07) is 0. The van der Waals surface area contributed by atoms with Gasteiger partial charge in [0.1, 0.15) is 0 Å². The van der Waals surface area contributed by atoms with E-state index in [0.29, 0.717) is 6.08 Å². The van der Waals surface area contributed by atoms with Crippen molar-refractivity contribution in [1.82, 2.24) is 0 Å². The van der Waals surface area contributed by atoms with Crippen LogP contribution in [-0.4, -0.2) is 72.0 Å². The van der Waals surface area contributed by atoms with Crippen LogP contribution in [0.4, 0.5) is 70.2 Å². The highest BCUT2D eigenvalue weighted by Crippen LogP contribution is 2.51. The van der Waals surface area contributed by atoms with Crippen molar-refractivity contribution in [2.24, 2.45) is 0 Å². The SMILES string of the molecule is C=C(CC(F)(F)C(F)(F)C(F)(F)C(F)F)C(=O)O.C=CC(=O)OCC(F)(F)C(F)(F)C(F)(F)C(F)F. The normalized spacial score (nSPS) is 13.7. The summed E-state index contributed by atoms with van der Waals surface area (Å²) in [6.45, 7) is 2.68. The summed E-state index contributed by atoms with van der Waals surface area (Å²) < 4.78 is 201. The van der Waals surface area contributed by atoms with E-state index in [1.807, 2.05) is 0 Å². The number of alkyl halides is 16. The molecule has 0 saturated carbocycles. The summed E-state index contributed by atoms with van der Waals surface area (Å²) in [5.74, 6) is -40.4. The van der Waals surface area contributed by atoms with Gasteiger partial charge in [-0.3, -0.25) is 0 Å². The molecule has 0 spiro atoms. The summed E-state index contributed by atoms with van der Waals surface area (Å²) in [5, 5.41) is 8.11. The fourth-order valence-corrected chi connectivity index (χ4v) is 1.53. The van der Waals surface area contributed by atoms with E-state index < -0.39 is 78.9 Å². The van der Waals surface area contributed by atoms with Crippen LogP contribution in [0.25, 0.3) is 0 Å². The molecule has 0 radical (unpaired) electrons. The standard InChI is InChI=1S/2C8H6F8O2/c1-3(4(17)18)2-6(11,12)8(15,16)7(13,14)5(9)10;1-2-4(17)18-3-6(11,12)8(15,16)7(13,14)5(9)10/h5H,1-2H2,(H,17,18);2,5H,1,3H2. The number of carboxylic acid groups (broad SMARTS) is 1. The van der Waals surface area contributed by atoms with Gasteiger partial charge in [-0.1, -0.05) is 13.2 Å². The summed E-state index contributed by atoms with van der Waals surface area (Å²) in [4.78, 5) is 20.4. The highest BCUT2D eigenvalue weighted by molar-refractivity contribution is 5.85. The van der Waals surface area contributed by atoms with E-state index in [0.717, 1.165) is 0 Å². The lowest BCUT2D eigenvalue weighted by molar-refractivity contribution is -0.344. The van der Waals surface area contributed by atoms with Gasteiger partial charge in [-0.05, 0) is 0 Å². The number of carboxylic acids is 1. The van der Waals surface area contributed by atoms with Gasteiger partial charge in [0.05, 0.1) is 0 Å². The largest absolute Gasteiger partial charge is 0.478 e. The Balaban J connectivity index is 0. The second kappa shape index (κ2) is 11.6. The predicted octanol–water partition coefficient (Wildman–Crippen LogP) is 6.07. The van der Waals surface area contributed by atoms with Crippen molar-refractivity contribution < 1.29 is 89.7 Å². The fourth-order valence-electron chi connectivity index (χ4n) is 1.53. The van der Waals surface area contributed by atoms with Crippen molar-refractivity contribution in [2.75, 3.05) is 6.61 Å². The molecule has 1 N–H and O–H groups in total. The maximum atomic E-state index is 12.8. The number of hydrogen-bond donors (Lipinski definition) is 1. The number of rotatable bonds is 12. The molecule has 20 heteroatoms. The number of halogens is 16. The second-order valence-electron chi connectivity index (χ2n) is 6.30. The Labute approximate surface area is 189 Å². The average molecular weight is 572 g/mol. The molecule has 36 heavy (non-hydrogen) atoms. The molecule has 0 saturated heterocycles. The van der Waals surface area contributed by atoms with Crippen molar-refractivity contribution >= 4 is 11.9 Å². The molecule has 0 fully saturated rings. The lowest BCUT2D eigenvalue weighted by atomic mass is 9.98. The van der Waals surface area contributed by atoms with Crippen LogP contribution in [0.2, 0.25) is 0 Å². The van der Waals surface area contributed by atoms with Crippen molar-refractivity contribution in [3.8, 4) is 0 Å². The first-order valence-electron chi connectivity index (χ1n) is 8.20. The molecular weight excluding hydrogens is 560 g/mol. The van der Waals surface area contributed by atoms with Crippen molar-refractivity contribution in [3.05, 3.63) is 24.8 Å². The Morgan fingerprint density at radius 2 is 1.08 bits per heavy atom. The molecule has 0 bridgehead atoms. The molecule has 212 valence electrons. The minimum atomic E-state index is -6.41. The molecule has 0 rings (SSSR count). The summed E-state index contributed by atoms with van der Waals surface area (Å²) in [5.41, 5.74) is -1.51. The Morgan fingerprint density at radius 3 is 1.36 bits per heavy atom. The van der Waals surface area contributed by atoms with Gasteiger partial charge in [0.15, 0.2) is 6.61 Å². The maximum absolute atomic E-state index is 12.8. The highest BCUT2D eigenvalue weighted by atomic mass is 19.4. The van der Waals surface area contributed by atoms with Gasteiger partial charge >= 0.3 is 60.3 Å². The monoisotopic (exact) mass is 572 g/mol. The Hall–Kier alpha value is -2.70. The zero-order valence-corrected chi connectivity index (χ0v) is 16.8. The van der Waals surface area contributed by atoms with E-state index in [1.165, 1.54) is 0 Å². The molecule has 0 heterocycles. The highest BCUT2D eigenvalue weighted by Gasteiger charge is 2.76. The Bertz CT molecular complexity index is 804. The summed E-state index contributed by atoms with van der Waals surface area (Å²) in [6.07, 6.45) is -12.1. The van der Waals surface area contributed by atoms with E-state index in [4.69, 9.17) is 5.11 Å². The predicted molar refractivity (Wildman–Crippen MR) is 84.2 cm³/mol. The van der Waals surface area contributed by atoms with Gasteiger partial charge in [-0.25, -0.2) is 27.2 Å². The number of aliphatic carboxylic acids is 1. The first-order valence-corrected chi connectivity index (χ1v) is 8.20.